The predicted molar refractivity (Wildman–Crippen MR) is 71.1 cm³/mol. The van der Waals surface area contributed by atoms with Crippen LogP contribution in [-0.2, 0) is 13.0 Å². The molecule has 1 aromatic heterocycles. The minimum Gasteiger partial charge on any atom is -0.338 e. The summed E-state index contributed by atoms with van der Waals surface area (Å²) in [4.78, 5) is 28.1. The van der Waals surface area contributed by atoms with E-state index in [4.69, 9.17) is 0 Å². The Kier molecular flexibility index (Phi) is 3.25. The lowest BCUT2D eigenvalue weighted by molar-refractivity contribution is -0.385. The average molecular weight is 276 g/mol. The number of fused-ring (bicyclic) bond motifs is 1. The van der Waals surface area contributed by atoms with Gasteiger partial charge in [-0.15, -0.1) is 0 Å². The Balaban J connectivity index is 1.67. The van der Waals surface area contributed by atoms with Crippen molar-refractivity contribution >= 4 is 11.7 Å². The van der Waals surface area contributed by atoms with Gasteiger partial charge in [0.1, 0.15) is 6.20 Å². The van der Waals surface area contributed by atoms with Gasteiger partial charge in [-0.3, -0.25) is 15.1 Å². The van der Waals surface area contributed by atoms with E-state index in [0.717, 1.165) is 17.8 Å². The Bertz CT molecular complexity index is 557. The maximum Gasteiger partial charge on any atom is 0.317 e. The number of nitrogens with zero attached hydrogens (tertiary/aromatic N) is 3. The van der Waals surface area contributed by atoms with E-state index in [1.807, 2.05) is 0 Å². The summed E-state index contributed by atoms with van der Waals surface area (Å²) in [6.07, 6.45) is 4.31. The molecule has 2 heterocycles. The monoisotopic (exact) mass is 276 g/mol. The Morgan fingerprint density at radius 3 is 3.05 bits per heavy atom. The van der Waals surface area contributed by atoms with E-state index >= 15 is 0 Å². The maximum absolute atomic E-state index is 12.0. The lowest BCUT2D eigenvalue weighted by Crippen LogP contribution is -2.43. The van der Waals surface area contributed by atoms with Crippen LogP contribution in [0, 0.1) is 16.0 Å². The lowest BCUT2D eigenvalue weighted by atomic mass is 10.1. The van der Waals surface area contributed by atoms with Crippen LogP contribution < -0.4 is 5.32 Å². The first-order chi connectivity index (χ1) is 9.63. The Morgan fingerprint density at radius 1 is 1.55 bits per heavy atom. The van der Waals surface area contributed by atoms with Gasteiger partial charge in [0.2, 0.25) is 0 Å². The molecule has 1 aromatic rings. The third-order valence-electron chi connectivity index (χ3n) is 3.76. The number of aromatic nitrogens is 1. The van der Waals surface area contributed by atoms with Gasteiger partial charge in [0.15, 0.2) is 0 Å². The second-order valence-electron chi connectivity index (χ2n) is 5.36. The summed E-state index contributed by atoms with van der Waals surface area (Å²) in [6.45, 7) is 1.73. The molecular formula is C13H16N4O3. The summed E-state index contributed by atoms with van der Waals surface area (Å²) in [5.41, 5.74) is 1.60. The number of nitrogens with one attached hydrogen (secondary N) is 1. The minimum absolute atomic E-state index is 0.0241. The number of carbonyl (C=O) groups excluding carboxylic acids is 1. The predicted octanol–water partition coefficient (Wildman–Crippen LogP) is 1.47. The summed E-state index contributed by atoms with van der Waals surface area (Å²) in [7, 11) is 0. The number of pyridine rings is 1. The van der Waals surface area contributed by atoms with Crippen molar-refractivity contribution in [2.45, 2.75) is 25.8 Å². The molecule has 7 nitrogen and oxygen atoms in total. The minimum atomic E-state index is -0.459. The molecule has 0 unspecified atom stereocenters. The summed E-state index contributed by atoms with van der Waals surface area (Å²) >= 11 is 0. The summed E-state index contributed by atoms with van der Waals surface area (Å²) in [5.74, 6) is 0.638. The second kappa shape index (κ2) is 5.07. The number of hydrogen-bond acceptors (Lipinski definition) is 4. The second-order valence-corrected chi connectivity index (χ2v) is 5.36. The van der Waals surface area contributed by atoms with Crippen molar-refractivity contribution in [1.82, 2.24) is 15.2 Å². The van der Waals surface area contributed by atoms with Crippen molar-refractivity contribution in [3.8, 4) is 0 Å². The Morgan fingerprint density at radius 2 is 2.35 bits per heavy atom. The molecule has 0 aromatic carbocycles. The van der Waals surface area contributed by atoms with Crippen molar-refractivity contribution in [3.63, 3.8) is 0 Å². The topological polar surface area (TPSA) is 88.4 Å². The van der Waals surface area contributed by atoms with E-state index in [2.05, 4.69) is 10.3 Å². The van der Waals surface area contributed by atoms with E-state index in [-0.39, 0.29) is 11.7 Å². The number of hydrogen-bond donors (Lipinski definition) is 1. The van der Waals surface area contributed by atoms with Crippen LogP contribution >= 0.6 is 0 Å². The zero-order valence-electron chi connectivity index (χ0n) is 11.0. The number of urea groups is 1. The van der Waals surface area contributed by atoms with Crippen molar-refractivity contribution in [1.29, 1.82) is 0 Å². The van der Waals surface area contributed by atoms with Crippen LogP contribution in [0.25, 0.3) is 0 Å². The van der Waals surface area contributed by atoms with Crippen molar-refractivity contribution in [2.75, 3.05) is 13.1 Å². The molecule has 0 atom stereocenters. The van der Waals surface area contributed by atoms with Crippen LogP contribution in [0.1, 0.15) is 24.1 Å². The Hall–Kier alpha value is -2.18. The van der Waals surface area contributed by atoms with E-state index in [0.29, 0.717) is 25.4 Å². The highest BCUT2D eigenvalue weighted by molar-refractivity contribution is 5.74. The summed E-state index contributed by atoms with van der Waals surface area (Å²) < 4.78 is 0. The van der Waals surface area contributed by atoms with Gasteiger partial charge in [0.05, 0.1) is 4.92 Å². The quantitative estimate of drug-likeness (QED) is 0.668. The maximum atomic E-state index is 12.0. The molecule has 2 amide bonds. The van der Waals surface area contributed by atoms with Crippen LogP contribution in [0.15, 0.2) is 12.3 Å². The van der Waals surface area contributed by atoms with Gasteiger partial charge >= 0.3 is 6.03 Å². The van der Waals surface area contributed by atoms with E-state index in [9.17, 15) is 14.9 Å². The number of carbonyl (C=O) groups is 1. The van der Waals surface area contributed by atoms with Gasteiger partial charge in [0.25, 0.3) is 5.69 Å². The van der Waals surface area contributed by atoms with Crippen LogP contribution in [0.3, 0.4) is 0 Å². The standard InChI is InChI=1S/C13H16N4O3/c18-13(15-6-9-1-2-9)16-4-3-12-10(8-16)5-11(7-14-12)17(19)20/h5,7,9H,1-4,6,8H2,(H,15,18). The van der Waals surface area contributed by atoms with E-state index in [1.165, 1.54) is 25.1 Å². The van der Waals surface area contributed by atoms with Gasteiger partial charge in [-0.2, -0.15) is 0 Å². The fourth-order valence-electron chi connectivity index (χ4n) is 2.35. The van der Waals surface area contributed by atoms with Crippen molar-refractivity contribution in [2.24, 2.45) is 5.92 Å². The van der Waals surface area contributed by atoms with Crippen LogP contribution in [0.4, 0.5) is 10.5 Å². The van der Waals surface area contributed by atoms with Crippen molar-refractivity contribution < 1.29 is 9.72 Å². The number of amides is 2. The first-order valence-electron chi connectivity index (χ1n) is 6.78. The molecule has 0 bridgehead atoms. The molecule has 0 spiro atoms. The van der Waals surface area contributed by atoms with Gasteiger partial charge < -0.3 is 10.2 Å². The highest BCUT2D eigenvalue weighted by atomic mass is 16.6. The van der Waals surface area contributed by atoms with Crippen LogP contribution in [0.5, 0.6) is 0 Å². The molecule has 3 rings (SSSR count). The highest BCUT2D eigenvalue weighted by Crippen LogP contribution is 2.27. The van der Waals surface area contributed by atoms with Gasteiger partial charge in [-0.1, -0.05) is 0 Å². The first-order valence-corrected chi connectivity index (χ1v) is 6.78. The third kappa shape index (κ3) is 2.71. The first kappa shape index (κ1) is 12.8. The smallest absolute Gasteiger partial charge is 0.317 e. The molecule has 2 aliphatic rings. The highest BCUT2D eigenvalue weighted by Gasteiger charge is 2.26. The fourth-order valence-corrected chi connectivity index (χ4v) is 2.35. The number of rotatable bonds is 3. The molecule has 7 heteroatoms. The molecule has 1 fully saturated rings. The fraction of sp³-hybridized carbons (Fsp3) is 0.538. The van der Waals surface area contributed by atoms with Gasteiger partial charge in [0, 0.05) is 37.8 Å². The average Bonchev–Trinajstić information content (AvgIpc) is 3.27. The third-order valence-corrected chi connectivity index (χ3v) is 3.76. The molecule has 0 saturated heterocycles. The molecular weight excluding hydrogens is 260 g/mol. The largest absolute Gasteiger partial charge is 0.338 e. The van der Waals surface area contributed by atoms with Gasteiger partial charge in [-0.25, -0.2) is 4.79 Å². The summed E-state index contributed by atoms with van der Waals surface area (Å²) in [6, 6.07) is 1.43. The van der Waals surface area contributed by atoms with E-state index in [1.54, 1.807) is 4.90 Å². The molecule has 1 aliphatic heterocycles. The molecule has 20 heavy (non-hydrogen) atoms. The molecule has 1 N–H and O–H groups in total. The summed E-state index contributed by atoms with van der Waals surface area (Å²) in [5, 5.41) is 13.7. The lowest BCUT2D eigenvalue weighted by Gasteiger charge is -2.28. The number of nitro groups is 1. The normalized spacial score (nSPS) is 17.5. The zero-order valence-corrected chi connectivity index (χ0v) is 11.0. The molecule has 1 saturated carbocycles. The van der Waals surface area contributed by atoms with Gasteiger partial charge in [-0.05, 0) is 24.3 Å². The molecule has 1 aliphatic carbocycles. The molecule has 0 radical (unpaired) electrons. The zero-order chi connectivity index (χ0) is 14.1. The SMILES string of the molecule is O=C(NCC1CC1)N1CCc2ncc([N+](=O)[O-])cc2C1. The molecule has 106 valence electrons. The van der Waals surface area contributed by atoms with Crippen LogP contribution in [-0.4, -0.2) is 33.9 Å². The Labute approximate surface area is 116 Å². The van der Waals surface area contributed by atoms with E-state index < -0.39 is 4.92 Å². The van der Waals surface area contributed by atoms with Crippen LogP contribution in [0.2, 0.25) is 0 Å². The van der Waals surface area contributed by atoms with Crippen molar-refractivity contribution in [3.05, 3.63) is 33.6 Å².